The quantitative estimate of drug-likeness (QED) is 0.216. The molecule has 5 rings (SSSR count). The van der Waals surface area contributed by atoms with Crippen LogP contribution in [0, 0.1) is 25.3 Å². The van der Waals surface area contributed by atoms with E-state index in [0.717, 1.165) is 35.2 Å². The number of ether oxygens (including phenoxy) is 1. The van der Waals surface area contributed by atoms with Crippen LogP contribution in [0.1, 0.15) is 37.1 Å². The van der Waals surface area contributed by atoms with Crippen LogP contribution in [0.5, 0.6) is 0 Å². The van der Waals surface area contributed by atoms with Crippen molar-refractivity contribution in [1.29, 1.82) is 0 Å². The Hall–Kier alpha value is -3.81. The Labute approximate surface area is 231 Å². The first-order chi connectivity index (χ1) is 18.7. The molecular formula is C28H26ClN5O4S. The van der Waals surface area contributed by atoms with Gasteiger partial charge in [0.15, 0.2) is 5.65 Å². The normalized spacial score (nSPS) is 17.6. The molecule has 1 fully saturated rings. The Morgan fingerprint density at radius 1 is 1.18 bits per heavy atom. The second kappa shape index (κ2) is 10.8. The minimum Gasteiger partial charge on any atom is -0.469 e. The number of fused-ring (bicyclic) bond motifs is 1. The first kappa shape index (κ1) is 26.8. The van der Waals surface area contributed by atoms with E-state index in [4.69, 9.17) is 27.9 Å². The molecule has 0 aliphatic heterocycles. The summed E-state index contributed by atoms with van der Waals surface area (Å²) in [5.74, 6) is 0.0106. The molecule has 3 heterocycles. The first-order valence-electron chi connectivity index (χ1n) is 12.5. The lowest BCUT2D eigenvalue weighted by Crippen LogP contribution is -2.30. The van der Waals surface area contributed by atoms with Crippen LogP contribution in [-0.2, 0) is 26.0 Å². The van der Waals surface area contributed by atoms with Gasteiger partial charge in [-0.1, -0.05) is 42.1 Å². The Balaban J connectivity index is 1.63. The van der Waals surface area contributed by atoms with E-state index in [9.17, 15) is 13.2 Å². The van der Waals surface area contributed by atoms with Gasteiger partial charge < -0.3 is 4.74 Å². The van der Waals surface area contributed by atoms with Crippen LogP contribution >= 0.6 is 11.6 Å². The van der Waals surface area contributed by atoms with Crippen LogP contribution < -0.4 is 0 Å². The highest BCUT2D eigenvalue weighted by molar-refractivity contribution is 7.90. The molecule has 0 spiro atoms. The van der Waals surface area contributed by atoms with Crippen LogP contribution in [0.25, 0.3) is 27.1 Å². The van der Waals surface area contributed by atoms with Gasteiger partial charge in [-0.25, -0.2) is 27.2 Å². The molecule has 1 aromatic carbocycles. The van der Waals surface area contributed by atoms with Gasteiger partial charge >= 0.3 is 5.97 Å². The fraction of sp³-hybridized carbons (Fsp3) is 0.321. The van der Waals surface area contributed by atoms with E-state index in [1.807, 2.05) is 6.92 Å². The van der Waals surface area contributed by atoms with Gasteiger partial charge in [0.1, 0.15) is 5.82 Å². The summed E-state index contributed by atoms with van der Waals surface area (Å²) in [5.41, 5.74) is 1.95. The minimum atomic E-state index is -4.02. The van der Waals surface area contributed by atoms with Gasteiger partial charge in [0.25, 0.3) is 10.0 Å². The van der Waals surface area contributed by atoms with Crippen LogP contribution in [-0.4, -0.2) is 40.4 Å². The summed E-state index contributed by atoms with van der Waals surface area (Å²) in [6.45, 7) is 9.60. The maximum absolute atomic E-state index is 13.7. The van der Waals surface area contributed by atoms with Crippen molar-refractivity contribution in [2.45, 2.75) is 43.9 Å². The number of carbonyl (C=O) groups excluding carboxylic acids is 1. The van der Waals surface area contributed by atoms with Gasteiger partial charge in [-0.2, -0.15) is 0 Å². The fourth-order valence-corrected chi connectivity index (χ4v) is 6.67. The molecule has 0 radical (unpaired) electrons. The molecule has 200 valence electrons. The number of nitrogens with zero attached hydrogens (tertiary/aromatic N) is 5. The topological polar surface area (TPSA) is 108 Å². The van der Waals surface area contributed by atoms with Gasteiger partial charge in [0, 0.05) is 36.0 Å². The van der Waals surface area contributed by atoms with Gasteiger partial charge in [-0.05, 0) is 43.9 Å². The summed E-state index contributed by atoms with van der Waals surface area (Å²) in [7, 11) is -2.62. The summed E-state index contributed by atoms with van der Waals surface area (Å²) < 4.78 is 33.4. The lowest BCUT2D eigenvalue weighted by molar-refractivity contribution is -0.148. The number of halogens is 1. The maximum Gasteiger partial charge on any atom is 0.308 e. The van der Waals surface area contributed by atoms with Crippen molar-refractivity contribution in [3.05, 3.63) is 76.8 Å². The van der Waals surface area contributed by atoms with E-state index in [-0.39, 0.29) is 39.7 Å². The first-order valence-corrected chi connectivity index (χ1v) is 14.3. The molecule has 1 unspecified atom stereocenters. The number of aryl methyl sites for hydroxylation is 1. The predicted molar refractivity (Wildman–Crippen MR) is 147 cm³/mol. The molecule has 0 bridgehead atoms. The van der Waals surface area contributed by atoms with Crippen molar-refractivity contribution < 1.29 is 17.9 Å². The average Bonchev–Trinajstić information content (AvgIpc) is 3.32. The highest BCUT2D eigenvalue weighted by Gasteiger charge is 2.33. The molecule has 0 N–H and O–H groups in total. The third-order valence-electron chi connectivity index (χ3n) is 7.21. The maximum atomic E-state index is 13.7. The Morgan fingerprint density at radius 3 is 2.64 bits per heavy atom. The number of carbonyl (C=O) groups is 1. The Kier molecular flexibility index (Phi) is 7.38. The van der Waals surface area contributed by atoms with Gasteiger partial charge in [0.05, 0.1) is 35.2 Å². The molecule has 9 nitrogen and oxygen atoms in total. The number of benzene rings is 1. The standard InChI is InChI=1S/C28H26ClN5O4S/c1-17-8-10-20(11-9-17)39(36,37)34-16-23(22-13-19(29)14-32-27(22)34)26-24(30-2)15-31-25(33-26)12-18-6-4-5-7-21(18)28(35)38-3/h8-11,13-16,18,21H,4-7,12H2,1,3H3/t18?,21-/m0/s1. The largest absolute Gasteiger partial charge is 0.469 e. The van der Waals surface area contributed by atoms with Gasteiger partial charge in [-0.15, -0.1) is 0 Å². The molecular weight excluding hydrogens is 538 g/mol. The molecule has 1 aliphatic rings. The molecule has 4 aromatic rings. The molecule has 2 atom stereocenters. The second-order valence-corrected chi connectivity index (χ2v) is 11.9. The minimum absolute atomic E-state index is 0.0113. The molecule has 0 amide bonds. The molecule has 1 saturated carbocycles. The van der Waals surface area contributed by atoms with Crippen molar-refractivity contribution in [1.82, 2.24) is 18.9 Å². The highest BCUT2D eigenvalue weighted by Crippen LogP contribution is 2.38. The van der Waals surface area contributed by atoms with Gasteiger partial charge in [-0.3, -0.25) is 9.78 Å². The van der Waals surface area contributed by atoms with Crippen molar-refractivity contribution >= 4 is 44.3 Å². The molecule has 0 saturated heterocycles. The molecule has 39 heavy (non-hydrogen) atoms. The number of hydrogen-bond donors (Lipinski definition) is 0. The van der Waals surface area contributed by atoms with Crippen LogP contribution in [0.4, 0.5) is 5.69 Å². The smallest absolute Gasteiger partial charge is 0.308 e. The molecule has 3 aromatic heterocycles. The number of aromatic nitrogens is 4. The number of rotatable bonds is 6. The monoisotopic (exact) mass is 563 g/mol. The van der Waals surface area contributed by atoms with E-state index < -0.39 is 10.0 Å². The zero-order valence-corrected chi connectivity index (χ0v) is 23.0. The van der Waals surface area contributed by atoms with E-state index >= 15 is 0 Å². The summed E-state index contributed by atoms with van der Waals surface area (Å²) in [5, 5.41) is 0.758. The van der Waals surface area contributed by atoms with Gasteiger partial charge in [0.2, 0.25) is 5.69 Å². The van der Waals surface area contributed by atoms with Crippen LogP contribution in [0.15, 0.2) is 53.8 Å². The predicted octanol–water partition coefficient (Wildman–Crippen LogP) is 5.76. The Bertz CT molecular complexity index is 1710. The van der Waals surface area contributed by atoms with E-state index in [2.05, 4.69) is 14.8 Å². The summed E-state index contributed by atoms with van der Waals surface area (Å²) in [4.78, 5) is 29.6. The second-order valence-electron chi connectivity index (χ2n) is 9.69. The lowest BCUT2D eigenvalue weighted by Gasteiger charge is -2.29. The summed E-state index contributed by atoms with van der Waals surface area (Å²) >= 11 is 6.27. The molecule has 11 heteroatoms. The summed E-state index contributed by atoms with van der Waals surface area (Å²) in [6.07, 6.45) is 8.24. The van der Waals surface area contributed by atoms with E-state index in [1.54, 1.807) is 30.3 Å². The third-order valence-corrected chi connectivity index (χ3v) is 9.08. The Morgan fingerprint density at radius 2 is 1.92 bits per heavy atom. The van der Waals surface area contributed by atoms with Crippen molar-refractivity contribution in [3.63, 3.8) is 0 Å². The SMILES string of the molecule is [C-]#[N+]c1cnc(CC2CCCC[C@@H]2C(=O)OC)nc1-c1cn(S(=O)(=O)c2ccc(C)cc2)c2ncc(Cl)cc12. The number of esters is 1. The van der Waals surface area contributed by atoms with Crippen molar-refractivity contribution in [3.8, 4) is 11.3 Å². The molecule has 1 aliphatic carbocycles. The number of pyridine rings is 1. The number of hydrogen-bond acceptors (Lipinski definition) is 7. The lowest BCUT2D eigenvalue weighted by atomic mass is 9.77. The van der Waals surface area contributed by atoms with Crippen LogP contribution in [0.3, 0.4) is 0 Å². The van der Waals surface area contributed by atoms with Crippen molar-refractivity contribution in [2.24, 2.45) is 11.8 Å². The fourth-order valence-electron chi connectivity index (χ4n) is 5.19. The highest BCUT2D eigenvalue weighted by atomic mass is 35.5. The average molecular weight is 564 g/mol. The van der Waals surface area contributed by atoms with Crippen LogP contribution in [0.2, 0.25) is 5.02 Å². The third kappa shape index (κ3) is 5.12. The van der Waals surface area contributed by atoms with E-state index in [0.29, 0.717) is 28.2 Å². The zero-order chi connectivity index (χ0) is 27.7. The summed E-state index contributed by atoms with van der Waals surface area (Å²) in [6, 6.07) is 8.15. The zero-order valence-electron chi connectivity index (χ0n) is 21.5. The van der Waals surface area contributed by atoms with Crippen molar-refractivity contribution in [2.75, 3.05) is 7.11 Å². The number of methoxy groups -OCH3 is 1. The van der Waals surface area contributed by atoms with E-state index in [1.165, 1.54) is 25.7 Å².